The van der Waals surface area contributed by atoms with Crippen molar-refractivity contribution in [1.29, 1.82) is 0 Å². The molecule has 1 aliphatic rings. The Morgan fingerprint density at radius 1 is 1.38 bits per heavy atom. The van der Waals surface area contributed by atoms with E-state index in [9.17, 15) is 4.79 Å². The van der Waals surface area contributed by atoms with E-state index in [4.69, 9.17) is 0 Å². The molecule has 2 N–H and O–H groups in total. The first-order valence-corrected chi connectivity index (χ1v) is 6.90. The third-order valence-electron chi connectivity index (χ3n) is 3.87. The van der Waals surface area contributed by atoms with Crippen molar-refractivity contribution in [3.05, 3.63) is 34.5 Å². The standard InChI is InChI=1S/C13H15N7O/c1-8-4-15-20(6-8)9-2-3-19(7-9)13-16-11-10(5-14-18-11)12(21)17-13/h4-6,9H,2-3,7H2,1H3,(H2,14,16,17,18,21). The average molecular weight is 285 g/mol. The van der Waals surface area contributed by atoms with Crippen LogP contribution < -0.4 is 10.5 Å². The molecule has 0 aliphatic carbocycles. The second-order valence-corrected chi connectivity index (χ2v) is 5.41. The van der Waals surface area contributed by atoms with Gasteiger partial charge < -0.3 is 4.90 Å². The second kappa shape index (κ2) is 4.44. The predicted molar refractivity (Wildman–Crippen MR) is 77.3 cm³/mol. The molecule has 1 aliphatic heterocycles. The van der Waals surface area contributed by atoms with Crippen molar-refractivity contribution in [3.8, 4) is 0 Å². The van der Waals surface area contributed by atoms with E-state index in [1.807, 2.05) is 24.0 Å². The minimum Gasteiger partial charge on any atom is -0.340 e. The molecule has 1 atom stereocenters. The number of nitrogens with one attached hydrogen (secondary N) is 2. The summed E-state index contributed by atoms with van der Waals surface area (Å²) in [5.41, 5.74) is 1.51. The molecule has 0 aromatic carbocycles. The highest BCUT2D eigenvalue weighted by Crippen LogP contribution is 2.24. The van der Waals surface area contributed by atoms with Gasteiger partial charge in [-0.1, -0.05) is 0 Å². The Labute approximate surface area is 119 Å². The molecule has 1 unspecified atom stereocenters. The van der Waals surface area contributed by atoms with Gasteiger partial charge in [-0.2, -0.15) is 15.2 Å². The molecule has 0 spiro atoms. The van der Waals surface area contributed by atoms with E-state index in [-0.39, 0.29) is 5.56 Å². The number of rotatable bonds is 2. The smallest absolute Gasteiger partial charge is 0.263 e. The van der Waals surface area contributed by atoms with Crippen LogP contribution in [0.15, 0.2) is 23.4 Å². The lowest BCUT2D eigenvalue weighted by atomic mass is 10.3. The fourth-order valence-electron chi connectivity index (χ4n) is 2.77. The Morgan fingerprint density at radius 2 is 2.29 bits per heavy atom. The molecule has 3 aromatic heterocycles. The second-order valence-electron chi connectivity index (χ2n) is 5.41. The number of hydrogen-bond acceptors (Lipinski definition) is 5. The first-order valence-electron chi connectivity index (χ1n) is 6.90. The molecule has 8 heteroatoms. The van der Waals surface area contributed by atoms with Crippen molar-refractivity contribution in [1.82, 2.24) is 29.9 Å². The van der Waals surface area contributed by atoms with Crippen LogP contribution in [0.25, 0.3) is 11.0 Å². The van der Waals surface area contributed by atoms with Crippen LogP contribution in [0.3, 0.4) is 0 Å². The van der Waals surface area contributed by atoms with Crippen LogP contribution in [0, 0.1) is 6.92 Å². The highest BCUT2D eigenvalue weighted by Gasteiger charge is 2.26. The number of H-pyrrole nitrogens is 2. The monoisotopic (exact) mass is 285 g/mol. The van der Waals surface area contributed by atoms with Gasteiger partial charge in [0.05, 0.1) is 18.4 Å². The SMILES string of the molecule is Cc1cnn(C2CCN(c3nc4[nH]ncc4c(=O)[nH]3)C2)c1. The molecule has 21 heavy (non-hydrogen) atoms. The molecular weight excluding hydrogens is 270 g/mol. The van der Waals surface area contributed by atoms with Crippen molar-refractivity contribution in [2.45, 2.75) is 19.4 Å². The van der Waals surface area contributed by atoms with Gasteiger partial charge in [-0.3, -0.25) is 19.6 Å². The Morgan fingerprint density at radius 3 is 3.10 bits per heavy atom. The maximum atomic E-state index is 12.0. The zero-order valence-corrected chi connectivity index (χ0v) is 11.6. The summed E-state index contributed by atoms with van der Waals surface area (Å²) in [4.78, 5) is 21.3. The maximum absolute atomic E-state index is 12.0. The number of aromatic amines is 2. The van der Waals surface area contributed by atoms with Gasteiger partial charge in [0.25, 0.3) is 5.56 Å². The fourth-order valence-corrected chi connectivity index (χ4v) is 2.77. The van der Waals surface area contributed by atoms with Crippen molar-refractivity contribution in [2.24, 2.45) is 0 Å². The van der Waals surface area contributed by atoms with Crippen LogP contribution in [0.2, 0.25) is 0 Å². The lowest BCUT2D eigenvalue weighted by Crippen LogP contribution is -2.25. The van der Waals surface area contributed by atoms with Crippen LogP contribution in [-0.2, 0) is 0 Å². The number of anilines is 1. The Bertz CT molecular complexity index is 845. The number of aromatic nitrogens is 6. The topological polar surface area (TPSA) is 95.5 Å². The Kier molecular flexibility index (Phi) is 2.56. The van der Waals surface area contributed by atoms with Crippen molar-refractivity contribution in [2.75, 3.05) is 18.0 Å². The fraction of sp³-hybridized carbons (Fsp3) is 0.385. The third kappa shape index (κ3) is 1.99. The molecule has 3 aromatic rings. The minimum absolute atomic E-state index is 0.165. The largest absolute Gasteiger partial charge is 0.340 e. The molecular formula is C13H15N7O. The summed E-state index contributed by atoms with van der Waals surface area (Å²) in [5, 5.41) is 11.5. The van der Waals surface area contributed by atoms with Gasteiger partial charge in [0.1, 0.15) is 5.39 Å². The molecule has 4 rings (SSSR count). The highest BCUT2D eigenvalue weighted by atomic mass is 16.1. The van der Waals surface area contributed by atoms with E-state index in [1.165, 1.54) is 6.20 Å². The van der Waals surface area contributed by atoms with E-state index >= 15 is 0 Å². The van der Waals surface area contributed by atoms with Crippen LogP contribution >= 0.6 is 0 Å². The van der Waals surface area contributed by atoms with Gasteiger partial charge >= 0.3 is 0 Å². The number of fused-ring (bicyclic) bond motifs is 1. The van der Waals surface area contributed by atoms with E-state index in [0.29, 0.717) is 23.0 Å². The van der Waals surface area contributed by atoms with Crippen LogP contribution in [0.5, 0.6) is 0 Å². The van der Waals surface area contributed by atoms with Gasteiger partial charge in [-0.05, 0) is 18.9 Å². The molecule has 0 saturated carbocycles. The van der Waals surface area contributed by atoms with Crippen molar-refractivity contribution in [3.63, 3.8) is 0 Å². The quantitative estimate of drug-likeness (QED) is 0.719. The molecule has 4 heterocycles. The Hall–Kier alpha value is -2.64. The maximum Gasteiger partial charge on any atom is 0.263 e. The van der Waals surface area contributed by atoms with E-state index in [0.717, 1.165) is 25.1 Å². The van der Waals surface area contributed by atoms with Crippen molar-refractivity contribution < 1.29 is 0 Å². The summed E-state index contributed by atoms with van der Waals surface area (Å²) in [5.74, 6) is 0.586. The summed E-state index contributed by atoms with van der Waals surface area (Å²) in [6.07, 6.45) is 6.37. The zero-order chi connectivity index (χ0) is 14.4. The van der Waals surface area contributed by atoms with E-state index in [1.54, 1.807) is 0 Å². The number of hydrogen-bond donors (Lipinski definition) is 2. The molecule has 0 amide bonds. The molecule has 8 nitrogen and oxygen atoms in total. The van der Waals surface area contributed by atoms with Gasteiger partial charge in [0.15, 0.2) is 5.65 Å². The highest BCUT2D eigenvalue weighted by molar-refractivity contribution is 5.73. The van der Waals surface area contributed by atoms with E-state index in [2.05, 4.69) is 30.2 Å². The molecule has 108 valence electrons. The molecule has 0 bridgehead atoms. The van der Waals surface area contributed by atoms with Gasteiger partial charge in [-0.25, -0.2) is 0 Å². The summed E-state index contributed by atoms with van der Waals surface area (Å²) in [6.45, 7) is 3.65. The van der Waals surface area contributed by atoms with Crippen molar-refractivity contribution >= 4 is 17.0 Å². The van der Waals surface area contributed by atoms with Gasteiger partial charge in [0, 0.05) is 19.3 Å². The summed E-state index contributed by atoms with van der Waals surface area (Å²) in [6, 6.07) is 0.307. The minimum atomic E-state index is -0.165. The first-order chi connectivity index (χ1) is 10.2. The third-order valence-corrected chi connectivity index (χ3v) is 3.87. The average Bonchev–Trinajstić information content (AvgIpc) is 3.17. The van der Waals surface area contributed by atoms with Crippen LogP contribution in [-0.4, -0.2) is 43.0 Å². The van der Waals surface area contributed by atoms with Gasteiger partial charge in [0.2, 0.25) is 5.95 Å². The summed E-state index contributed by atoms with van der Waals surface area (Å²) in [7, 11) is 0. The van der Waals surface area contributed by atoms with E-state index < -0.39 is 0 Å². The van der Waals surface area contributed by atoms with Crippen LogP contribution in [0.4, 0.5) is 5.95 Å². The number of nitrogens with zero attached hydrogens (tertiary/aromatic N) is 5. The van der Waals surface area contributed by atoms with Crippen LogP contribution in [0.1, 0.15) is 18.0 Å². The van der Waals surface area contributed by atoms with Gasteiger partial charge in [-0.15, -0.1) is 0 Å². The normalized spacial score (nSPS) is 18.7. The summed E-state index contributed by atoms with van der Waals surface area (Å²) < 4.78 is 1.99. The lowest BCUT2D eigenvalue weighted by Gasteiger charge is -2.16. The lowest BCUT2D eigenvalue weighted by molar-refractivity contribution is 0.494. The Balaban J connectivity index is 1.63. The number of aryl methyl sites for hydroxylation is 1. The predicted octanol–water partition coefficient (Wildman–Crippen LogP) is 0.603. The molecule has 1 fully saturated rings. The first kappa shape index (κ1) is 12.1. The zero-order valence-electron chi connectivity index (χ0n) is 11.6. The molecule has 1 saturated heterocycles. The summed E-state index contributed by atoms with van der Waals surface area (Å²) >= 11 is 0. The molecule has 0 radical (unpaired) electrons.